The minimum Gasteiger partial charge on any atom is -0.481 e. The molecule has 1 aliphatic rings. The van der Waals surface area contributed by atoms with Gasteiger partial charge in [0.25, 0.3) is 10.0 Å². The highest BCUT2D eigenvalue weighted by Crippen LogP contribution is 2.46. The van der Waals surface area contributed by atoms with Crippen molar-refractivity contribution in [3.8, 4) is 0 Å². The van der Waals surface area contributed by atoms with E-state index >= 15 is 0 Å². The Morgan fingerprint density at radius 1 is 1.03 bits per heavy atom. The largest absolute Gasteiger partial charge is 0.481 e. The molecule has 0 saturated carbocycles. The summed E-state index contributed by atoms with van der Waals surface area (Å²) in [7, 11) is -3.92. The second kappa shape index (κ2) is 7.13. The summed E-state index contributed by atoms with van der Waals surface area (Å²) in [6.07, 6.45) is 1.52. The van der Waals surface area contributed by atoms with Gasteiger partial charge in [-0.3, -0.25) is 9.52 Å². The van der Waals surface area contributed by atoms with Crippen LogP contribution in [0.1, 0.15) is 57.2 Å². The Kier molecular flexibility index (Phi) is 5.24. The fourth-order valence-electron chi connectivity index (χ4n) is 3.87. The quantitative estimate of drug-likeness (QED) is 0.742. The zero-order chi connectivity index (χ0) is 21.6. The number of hydrogen-bond acceptors (Lipinski definition) is 3. The van der Waals surface area contributed by atoms with E-state index in [2.05, 4.69) is 32.4 Å². The molecule has 0 unspecified atom stereocenters. The van der Waals surface area contributed by atoms with Crippen molar-refractivity contribution in [2.45, 2.75) is 62.7 Å². The number of carbonyl (C=O) groups is 1. The highest BCUT2D eigenvalue weighted by Gasteiger charge is 2.37. The molecule has 0 aromatic heterocycles. The van der Waals surface area contributed by atoms with Crippen molar-refractivity contribution in [2.75, 3.05) is 4.72 Å². The van der Waals surface area contributed by atoms with Crippen LogP contribution in [0.5, 0.6) is 0 Å². The van der Waals surface area contributed by atoms with Crippen LogP contribution in [0.15, 0.2) is 41.3 Å². The maximum atomic E-state index is 14.1. The molecule has 0 fully saturated rings. The molecule has 156 valence electrons. The predicted octanol–water partition coefficient (Wildman–Crippen LogP) is 4.60. The third kappa shape index (κ3) is 4.29. The highest BCUT2D eigenvalue weighted by atomic mass is 32.2. The summed E-state index contributed by atoms with van der Waals surface area (Å²) in [6.45, 7) is 8.55. The van der Waals surface area contributed by atoms with Crippen LogP contribution < -0.4 is 4.72 Å². The van der Waals surface area contributed by atoms with E-state index in [1.54, 1.807) is 12.1 Å². The van der Waals surface area contributed by atoms with Crippen LogP contribution in [0.3, 0.4) is 0 Å². The van der Waals surface area contributed by atoms with Gasteiger partial charge in [-0.1, -0.05) is 39.8 Å². The van der Waals surface area contributed by atoms with Gasteiger partial charge in [0.15, 0.2) is 0 Å². The molecule has 2 aromatic rings. The van der Waals surface area contributed by atoms with E-state index in [-0.39, 0.29) is 27.0 Å². The van der Waals surface area contributed by atoms with Gasteiger partial charge in [0.2, 0.25) is 0 Å². The third-order valence-corrected chi connectivity index (χ3v) is 7.16. The van der Waals surface area contributed by atoms with E-state index in [1.807, 2.05) is 6.07 Å². The lowest BCUT2D eigenvalue weighted by atomic mass is 9.63. The van der Waals surface area contributed by atoms with E-state index in [4.69, 9.17) is 5.11 Å². The number of halogens is 1. The number of hydrogen-bond donors (Lipinski definition) is 2. The minimum absolute atomic E-state index is 0.00166. The summed E-state index contributed by atoms with van der Waals surface area (Å²) < 4.78 is 42.3. The smallest absolute Gasteiger partial charge is 0.307 e. The van der Waals surface area contributed by atoms with Crippen LogP contribution in [0.4, 0.5) is 10.1 Å². The van der Waals surface area contributed by atoms with Gasteiger partial charge in [-0.15, -0.1) is 0 Å². The molecule has 7 heteroatoms. The first kappa shape index (κ1) is 21.3. The van der Waals surface area contributed by atoms with E-state index in [1.165, 1.54) is 12.1 Å². The fraction of sp³-hybridized carbons (Fsp3) is 0.409. The maximum Gasteiger partial charge on any atom is 0.307 e. The van der Waals surface area contributed by atoms with E-state index in [9.17, 15) is 17.6 Å². The SMILES string of the molecule is CC1(C)CCC(C)(C)c2cc(S(=O)(=O)Nc3ccc(CC(=O)O)c(F)c3)ccc21. The van der Waals surface area contributed by atoms with E-state index in [0.29, 0.717) is 0 Å². The standard InChI is InChI=1S/C22H26FNO4S/c1-21(2)9-10-22(3,4)18-13-16(7-8-17(18)21)29(27,28)24-15-6-5-14(11-20(25)26)19(23)12-15/h5-8,12-13,24H,9-11H2,1-4H3,(H,25,26). The van der Waals surface area contributed by atoms with Crippen molar-refractivity contribution >= 4 is 21.7 Å². The number of carboxylic acid groups (broad SMARTS) is 1. The van der Waals surface area contributed by atoms with Crippen LogP contribution in [-0.4, -0.2) is 19.5 Å². The molecule has 0 saturated heterocycles. The molecule has 29 heavy (non-hydrogen) atoms. The van der Waals surface area contributed by atoms with Crippen LogP contribution >= 0.6 is 0 Å². The van der Waals surface area contributed by atoms with Gasteiger partial charge in [-0.2, -0.15) is 0 Å². The van der Waals surface area contributed by atoms with Gasteiger partial charge in [-0.05, 0) is 64.6 Å². The van der Waals surface area contributed by atoms with Crippen molar-refractivity contribution < 1.29 is 22.7 Å². The second-order valence-electron chi connectivity index (χ2n) is 8.96. The lowest BCUT2D eigenvalue weighted by molar-refractivity contribution is -0.136. The Balaban J connectivity index is 1.95. The number of sulfonamides is 1. The molecule has 0 radical (unpaired) electrons. The lowest BCUT2D eigenvalue weighted by Gasteiger charge is -2.42. The van der Waals surface area contributed by atoms with Gasteiger partial charge in [0.1, 0.15) is 5.82 Å². The second-order valence-corrected chi connectivity index (χ2v) is 10.6. The lowest BCUT2D eigenvalue weighted by Crippen LogP contribution is -2.34. The van der Waals surface area contributed by atoms with Crippen molar-refractivity contribution in [3.05, 3.63) is 58.9 Å². The summed E-state index contributed by atoms with van der Waals surface area (Å²) in [4.78, 5) is 10.9. The molecule has 0 aliphatic heterocycles. The number of aliphatic carboxylic acids is 1. The van der Waals surface area contributed by atoms with Crippen molar-refractivity contribution in [2.24, 2.45) is 0 Å². The zero-order valence-electron chi connectivity index (χ0n) is 17.0. The van der Waals surface area contributed by atoms with Gasteiger partial charge >= 0.3 is 5.97 Å². The van der Waals surface area contributed by atoms with Crippen molar-refractivity contribution in [1.29, 1.82) is 0 Å². The summed E-state index contributed by atoms with van der Waals surface area (Å²) in [5.74, 6) is -1.92. The van der Waals surface area contributed by atoms with Crippen LogP contribution in [0.25, 0.3) is 0 Å². The first-order valence-electron chi connectivity index (χ1n) is 9.50. The van der Waals surface area contributed by atoms with Gasteiger partial charge in [0.05, 0.1) is 17.0 Å². The minimum atomic E-state index is -3.92. The number of benzene rings is 2. The number of rotatable bonds is 5. The summed E-state index contributed by atoms with van der Waals surface area (Å²) >= 11 is 0. The van der Waals surface area contributed by atoms with Gasteiger partial charge in [0, 0.05) is 0 Å². The normalized spacial score (nSPS) is 17.4. The predicted molar refractivity (Wildman–Crippen MR) is 110 cm³/mol. The molecule has 2 N–H and O–H groups in total. The average molecular weight is 420 g/mol. The molecule has 0 amide bonds. The molecule has 0 heterocycles. The molecule has 5 nitrogen and oxygen atoms in total. The van der Waals surface area contributed by atoms with Gasteiger partial charge in [-0.25, -0.2) is 12.8 Å². The molecule has 0 spiro atoms. The number of nitrogens with one attached hydrogen (secondary N) is 1. The van der Waals surface area contributed by atoms with Crippen LogP contribution in [0, 0.1) is 5.82 Å². The topological polar surface area (TPSA) is 83.5 Å². The molecule has 0 atom stereocenters. The first-order valence-corrected chi connectivity index (χ1v) is 11.0. The van der Waals surface area contributed by atoms with E-state index < -0.39 is 28.2 Å². The highest BCUT2D eigenvalue weighted by molar-refractivity contribution is 7.92. The maximum absolute atomic E-state index is 14.1. The molecule has 2 aromatic carbocycles. The molecule has 3 rings (SSSR count). The molecule has 1 aliphatic carbocycles. The average Bonchev–Trinajstić information content (AvgIpc) is 2.60. The Labute approximate surface area is 171 Å². The molecular formula is C22H26FNO4S. The van der Waals surface area contributed by atoms with Gasteiger partial charge < -0.3 is 5.11 Å². The Morgan fingerprint density at radius 2 is 1.66 bits per heavy atom. The Hall–Kier alpha value is -2.41. The van der Waals surface area contributed by atoms with Crippen LogP contribution in [0.2, 0.25) is 0 Å². The number of fused-ring (bicyclic) bond motifs is 1. The first-order chi connectivity index (χ1) is 13.3. The third-order valence-electron chi connectivity index (χ3n) is 5.78. The van der Waals surface area contributed by atoms with Crippen molar-refractivity contribution in [3.63, 3.8) is 0 Å². The number of carboxylic acids is 1. The Bertz CT molecular complexity index is 1070. The molecular weight excluding hydrogens is 393 g/mol. The number of anilines is 1. The van der Waals surface area contributed by atoms with Crippen molar-refractivity contribution in [1.82, 2.24) is 0 Å². The summed E-state index contributed by atoms with van der Waals surface area (Å²) in [6, 6.07) is 8.82. The fourth-order valence-corrected chi connectivity index (χ4v) is 4.94. The Morgan fingerprint density at radius 3 is 2.24 bits per heavy atom. The van der Waals surface area contributed by atoms with Crippen LogP contribution in [-0.2, 0) is 32.1 Å². The molecule has 0 bridgehead atoms. The zero-order valence-corrected chi connectivity index (χ0v) is 17.9. The monoisotopic (exact) mass is 419 g/mol. The summed E-state index contributed by atoms with van der Waals surface area (Å²) in [5, 5.41) is 8.79. The summed E-state index contributed by atoms with van der Waals surface area (Å²) in [5.41, 5.74) is 2.05. The van der Waals surface area contributed by atoms with E-state index in [0.717, 1.165) is 30.0 Å².